The zero-order chi connectivity index (χ0) is 37.5. The Morgan fingerprint density at radius 1 is 0.491 bits per heavy atom. The van der Waals surface area contributed by atoms with E-state index in [0.717, 1.165) is 55.7 Å². The number of fused-ring (bicyclic) bond motifs is 9. The van der Waals surface area contributed by atoms with Gasteiger partial charge < -0.3 is 14.3 Å². The Bertz CT molecular complexity index is 3320. The topological polar surface area (TPSA) is 54.5 Å². The Balaban J connectivity index is 0.940. The lowest BCUT2D eigenvalue weighted by Crippen LogP contribution is -2.44. The van der Waals surface area contributed by atoms with Gasteiger partial charge in [0.1, 0.15) is 23.8 Å². The summed E-state index contributed by atoms with van der Waals surface area (Å²) in [7, 11) is 0. The van der Waals surface area contributed by atoms with Crippen molar-refractivity contribution in [3.63, 3.8) is 0 Å². The van der Waals surface area contributed by atoms with Gasteiger partial charge in [0, 0.05) is 47.3 Å². The molecule has 57 heavy (non-hydrogen) atoms. The fourth-order valence-corrected chi connectivity index (χ4v) is 9.82. The van der Waals surface area contributed by atoms with E-state index in [1.165, 1.54) is 47.5 Å². The Hall–Kier alpha value is -6.99. The number of benzene rings is 8. The molecular weight excluding hydrogens is 717 g/mol. The molecule has 12 rings (SSSR count). The number of amidine groups is 1. The quantitative estimate of drug-likeness (QED) is 0.184. The molecule has 11 aromatic rings. The molecule has 1 aliphatic rings. The fourth-order valence-electron chi connectivity index (χ4n) is 8.75. The third-order valence-electron chi connectivity index (χ3n) is 11.5. The summed E-state index contributed by atoms with van der Waals surface area (Å²) in [5, 5.41) is 14.7. The summed E-state index contributed by atoms with van der Waals surface area (Å²) in [5.74, 6) is 0.883. The molecule has 2 N–H and O–H groups in total. The Kier molecular flexibility index (Phi) is 7.24. The van der Waals surface area contributed by atoms with Crippen LogP contribution in [0.25, 0.3) is 80.7 Å². The van der Waals surface area contributed by atoms with E-state index in [9.17, 15) is 0 Å². The summed E-state index contributed by atoms with van der Waals surface area (Å²) < 4.78 is 11.7. The molecule has 1 aliphatic heterocycles. The lowest BCUT2D eigenvalue weighted by atomic mass is 10.00. The van der Waals surface area contributed by atoms with Crippen molar-refractivity contribution in [1.29, 1.82) is 0 Å². The monoisotopic (exact) mass is 750 g/mol. The second-order valence-corrected chi connectivity index (χ2v) is 15.9. The minimum absolute atomic E-state index is 0.131. The molecule has 0 saturated carbocycles. The van der Waals surface area contributed by atoms with E-state index in [1.54, 1.807) is 0 Å². The van der Waals surface area contributed by atoms with Crippen molar-refractivity contribution in [2.45, 2.75) is 12.3 Å². The maximum Gasteiger partial charge on any atom is 0.159 e. The van der Waals surface area contributed by atoms with Crippen molar-refractivity contribution in [2.24, 2.45) is 4.99 Å². The number of thiophene rings is 1. The van der Waals surface area contributed by atoms with Crippen LogP contribution in [0.15, 0.2) is 191 Å². The molecule has 3 aromatic heterocycles. The first kappa shape index (κ1) is 32.3. The van der Waals surface area contributed by atoms with Crippen molar-refractivity contribution >= 4 is 81.1 Å². The standard InChI is InChI=1S/C51H34N4OS/c1-3-12-31(13-4-1)49-52-50(32-14-5-2-6-15-32)54-51(53-49)35-24-27-47-41(29-35)40-28-33(23-26-46(40)57-47)34-22-25-38-39-18-11-21-44(48(39)56-45(38)30-34)55-42-19-9-7-16-36(42)37-17-8-10-20-43(37)55/h1-30,49,51,53H,(H,52,54). The number of hydrogen-bond acceptors (Lipinski definition) is 5. The van der Waals surface area contributed by atoms with Crippen molar-refractivity contribution < 1.29 is 4.42 Å². The lowest BCUT2D eigenvalue weighted by molar-refractivity contribution is 0.409. The summed E-state index contributed by atoms with van der Waals surface area (Å²) in [6, 6.07) is 64.9. The number of furan rings is 1. The summed E-state index contributed by atoms with van der Waals surface area (Å²) >= 11 is 1.84. The molecule has 0 saturated heterocycles. The second-order valence-electron chi connectivity index (χ2n) is 14.8. The highest BCUT2D eigenvalue weighted by Gasteiger charge is 2.26. The summed E-state index contributed by atoms with van der Waals surface area (Å²) in [6.07, 6.45) is -0.311. The van der Waals surface area contributed by atoms with Gasteiger partial charge >= 0.3 is 0 Å². The van der Waals surface area contributed by atoms with Crippen LogP contribution in [0.3, 0.4) is 0 Å². The molecule has 0 radical (unpaired) electrons. The smallest absolute Gasteiger partial charge is 0.159 e. The van der Waals surface area contributed by atoms with Gasteiger partial charge in [0.15, 0.2) is 5.58 Å². The summed E-state index contributed by atoms with van der Waals surface area (Å²) in [5.41, 5.74) is 10.8. The van der Waals surface area contributed by atoms with Crippen LogP contribution >= 0.6 is 11.3 Å². The molecule has 5 nitrogen and oxygen atoms in total. The van der Waals surface area contributed by atoms with Gasteiger partial charge in [0.25, 0.3) is 0 Å². The van der Waals surface area contributed by atoms with Gasteiger partial charge in [0.2, 0.25) is 0 Å². The predicted molar refractivity (Wildman–Crippen MR) is 238 cm³/mol. The minimum Gasteiger partial charge on any atom is -0.454 e. The lowest BCUT2D eigenvalue weighted by Gasteiger charge is -2.32. The molecule has 6 heteroatoms. The molecule has 8 aromatic carbocycles. The third-order valence-corrected chi connectivity index (χ3v) is 12.6. The molecule has 0 aliphatic carbocycles. The third kappa shape index (κ3) is 5.22. The normalized spacial score (nSPS) is 15.9. The van der Waals surface area contributed by atoms with Crippen LogP contribution in [0.2, 0.25) is 0 Å². The van der Waals surface area contributed by atoms with Crippen LogP contribution in [0.1, 0.15) is 29.0 Å². The maximum absolute atomic E-state index is 6.83. The van der Waals surface area contributed by atoms with Gasteiger partial charge in [-0.25, -0.2) is 4.99 Å². The van der Waals surface area contributed by atoms with Crippen molar-refractivity contribution in [3.8, 4) is 16.8 Å². The van der Waals surface area contributed by atoms with Crippen molar-refractivity contribution in [1.82, 2.24) is 15.2 Å². The van der Waals surface area contributed by atoms with Gasteiger partial charge in [-0.3, -0.25) is 5.32 Å². The number of para-hydroxylation sites is 3. The van der Waals surface area contributed by atoms with E-state index >= 15 is 0 Å². The Labute approximate surface area is 332 Å². The summed E-state index contributed by atoms with van der Waals surface area (Å²) in [6.45, 7) is 0. The van der Waals surface area contributed by atoms with E-state index < -0.39 is 0 Å². The van der Waals surface area contributed by atoms with E-state index in [4.69, 9.17) is 9.41 Å². The first-order valence-corrected chi connectivity index (χ1v) is 20.2. The molecule has 4 heterocycles. The molecule has 270 valence electrons. The number of hydrogen-bond donors (Lipinski definition) is 2. The van der Waals surface area contributed by atoms with Crippen LogP contribution in [0.4, 0.5) is 0 Å². The average Bonchev–Trinajstić information content (AvgIpc) is 3.95. The van der Waals surface area contributed by atoms with Crippen LogP contribution in [-0.4, -0.2) is 10.4 Å². The molecule has 0 spiro atoms. The zero-order valence-electron chi connectivity index (χ0n) is 30.7. The number of aliphatic imine (C=N–C) groups is 1. The second kappa shape index (κ2) is 12.8. The molecule has 0 fully saturated rings. The van der Waals surface area contributed by atoms with Crippen LogP contribution in [-0.2, 0) is 0 Å². The number of nitrogens with zero attached hydrogens (tertiary/aromatic N) is 2. The number of nitrogens with one attached hydrogen (secondary N) is 2. The van der Waals surface area contributed by atoms with Gasteiger partial charge in [0.05, 0.1) is 16.7 Å². The first-order chi connectivity index (χ1) is 28.2. The van der Waals surface area contributed by atoms with Crippen molar-refractivity contribution in [3.05, 3.63) is 199 Å². The van der Waals surface area contributed by atoms with Gasteiger partial charge in [-0.05, 0) is 76.9 Å². The van der Waals surface area contributed by atoms with Gasteiger partial charge in [-0.2, -0.15) is 0 Å². The molecule has 0 amide bonds. The SMILES string of the molecule is c1ccc(C2=NC(c3ccccc3)NC(c3ccc4sc5ccc(-c6ccc7c(c6)oc6c(-n8c9ccccc9c9ccccc98)cccc67)cc5c4c3)N2)cc1. The predicted octanol–water partition coefficient (Wildman–Crippen LogP) is 13.1. The molecule has 0 bridgehead atoms. The largest absolute Gasteiger partial charge is 0.454 e. The van der Waals surface area contributed by atoms with Gasteiger partial charge in [-0.1, -0.05) is 127 Å². The van der Waals surface area contributed by atoms with E-state index in [1.807, 2.05) is 23.5 Å². The van der Waals surface area contributed by atoms with E-state index in [0.29, 0.717) is 0 Å². The van der Waals surface area contributed by atoms with Crippen LogP contribution in [0, 0.1) is 0 Å². The minimum atomic E-state index is -0.180. The van der Waals surface area contributed by atoms with E-state index in [-0.39, 0.29) is 12.3 Å². The molecule has 2 unspecified atom stereocenters. The summed E-state index contributed by atoms with van der Waals surface area (Å²) in [4.78, 5) is 5.11. The molecular formula is C51H34N4OS. The first-order valence-electron chi connectivity index (χ1n) is 19.3. The van der Waals surface area contributed by atoms with E-state index in [2.05, 4.69) is 185 Å². The van der Waals surface area contributed by atoms with Crippen LogP contribution < -0.4 is 10.6 Å². The average molecular weight is 751 g/mol. The van der Waals surface area contributed by atoms with Crippen molar-refractivity contribution in [2.75, 3.05) is 0 Å². The van der Waals surface area contributed by atoms with Gasteiger partial charge in [-0.15, -0.1) is 11.3 Å². The van der Waals surface area contributed by atoms with Crippen LogP contribution in [0.5, 0.6) is 0 Å². The maximum atomic E-state index is 6.83. The highest BCUT2D eigenvalue weighted by molar-refractivity contribution is 7.25. The fraction of sp³-hybridized carbons (Fsp3) is 0.0392. The Morgan fingerprint density at radius 2 is 1.14 bits per heavy atom. The highest BCUT2D eigenvalue weighted by atomic mass is 32.1. The zero-order valence-corrected chi connectivity index (χ0v) is 31.5. The molecule has 2 atom stereocenters. The number of aromatic nitrogens is 1. The number of rotatable bonds is 5. The Morgan fingerprint density at radius 3 is 1.93 bits per heavy atom. The highest BCUT2D eigenvalue weighted by Crippen LogP contribution is 2.41.